The molecule has 0 saturated heterocycles. The number of rotatable bonds is 1. The Labute approximate surface area is 90.5 Å². The molecule has 1 heterocycles. The Bertz CT molecular complexity index is 311. The molecular formula is C5H5N3NaOS. The van der Waals surface area contributed by atoms with Crippen LogP contribution in [-0.2, 0) is 0 Å². The fourth-order valence-electron chi connectivity index (χ4n) is 0.511. The smallest absolute Gasteiger partial charge is 0.198 e. The maximum atomic E-state index is 10.2. The van der Waals surface area contributed by atoms with Crippen molar-refractivity contribution in [2.45, 2.75) is 0 Å². The monoisotopic (exact) mass is 178 g/mol. The van der Waals surface area contributed by atoms with Crippen molar-refractivity contribution in [1.29, 1.82) is 0 Å². The van der Waals surface area contributed by atoms with Gasteiger partial charge in [-0.15, -0.1) is 0 Å². The minimum Gasteiger partial charge on any atom is -0.385 e. The number of nitrogens with one attached hydrogen (secondary N) is 1. The summed E-state index contributed by atoms with van der Waals surface area (Å²) in [5.74, 6) is 0.259. The first-order valence-electron chi connectivity index (χ1n) is 2.54. The van der Waals surface area contributed by atoms with Crippen LogP contribution in [0.15, 0.2) is 6.20 Å². The molecule has 11 heavy (non-hydrogen) atoms. The SMILES string of the molecule is Nc1[nH]c(=S)ncc1C=O.[Na]. The van der Waals surface area contributed by atoms with Gasteiger partial charge in [0, 0.05) is 35.8 Å². The summed E-state index contributed by atoms with van der Waals surface area (Å²) >= 11 is 4.64. The number of aldehydes is 1. The second-order valence-corrected chi connectivity index (χ2v) is 2.06. The molecule has 1 aromatic rings. The van der Waals surface area contributed by atoms with Crippen molar-refractivity contribution in [2.24, 2.45) is 0 Å². The molecule has 0 aliphatic heterocycles. The van der Waals surface area contributed by atoms with E-state index >= 15 is 0 Å². The zero-order valence-electron chi connectivity index (χ0n) is 6.00. The number of H-pyrrole nitrogens is 1. The average Bonchev–Trinajstić information content (AvgIpc) is 1.88. The van der Waals surface area contributed by atoms with Crippen LogP contribution in [0.4, 0.5) is 5.82 Å². The third kappa shape index (κ3) is 2.70. The van der Waals surface area contributed by atoms with Gasteiger partial charge in [0.25, 0.3) is 0 Å². The van der Waals surface area contributed by atoms with Gasteiger partial charge in [-0.25, -0.2) is 4.98 Å². The van der Waals surface area contributed by atoms with Crippen LogP contribution in [-0.4, -0.2) is 45.8 Å². The maximum absolute atomic E-state index is 10.2. The van der Waals surface area contributed by atoms with Gasteiger partial charge in [0.05, 0.1) is 5.56 Å². The summed E-state index contributed by atoms with van der Waals surface area (Å²) in [4.78, 5) is 16.4. The summed E-state index contributed by atoms with van der Waals surface area (Å²) in [6.07, 6.45) is 1.95. The molecule has 6 heteroatoms. The molecule has 53 valence electrons. The summed E-state index contributed by atoms with van der Waals surface area (Å²) in [6, 6.07) is 0. The van der Waals surface area contributed by atoms with Gasteiger partial charge in [0.1, 0.15) is 5.82 Å². The summed E-state index contributed by atoms with van der Waals surface area (Å²) < 4.78 is 0.281. The van der Waals surface area contributed by atoms with Crippen LogP contribution >= 0.6 is 12.2 Å². The van der Waals surface area contributed by atoms with Gasteiger partial charge in [-0.3, -0.25) is 4.79 Å². The van der Waals surface area contributed by atoms with E-state index in [4.69, 9.17) is 5.73 Å². The van der Waals surface area contributed by atoms with Gasteiger partial charge in [0.2, 0.25) is 0 Å². The number of nitrogen functional groups attached to an aromatic ring is 1. The van der Waals surface area contributed by atoms with E-state index < -0.39 is 0 Å². The standard InChI is InChI=1S/C5H5N3OS.Na/c6-4-3(2-9)1-7-5(10)8-4;/h1-2H,(H3,6,7,8,10);. The fraction of sp³-hybridized carbons (Fsp3) is 0. The zero-order chi connectivity index (χ0) is 7.56. The van der Waals surface area contributed by atoms with Crippen LogP contribution in [0.25, 0.3) is 0 Å². The Morgan fingerprint density at radius 3 is 2.82 bits per heavy atom. The van der Waals surface area contributed by atoms with Crippen LogP contribution in [0.1, 0.15) is 10.4 Å². The van der Waals surface area contributed by atoms with Gasteiger partial charge in [-0.2, -0.15) is 0 Å². The number of anilines is 1. The van der Waals surface area contributed by atoms with Crippen molar-refractivity contribution in [3.05, 3.63) is 16.5 Å². The van der Waals surface area contributed by atoms with E-state index in [1.807, 2.05) is 0 Å². The molecule has 0 aromatic carbocycles. The molecule has 0 aliphatic carbocycles. The Morgan fingerprint density at radius 2 is 2.36 bits per heavy atom. The predicted molar refractivity (Wildman–Crippen MR) is 45.0 cm³/mol. The number of nitrogens with two attached hydrogens (primary N) is 1. The second-order valence-electron chi connectivity index (χ2n) is 1.68. The number of hydrogen-bond donors (Lipinski definition) is 2. The Morgan fingerprint density at radius 1 is 1.73 bits per heavy atom. The quantitative estimate of drug-likeness (QED) is 0.365. The number of carbonyl (C=O) groups is 1. The Kier molecular flexibility index (Phi) is 4.51. The molecule has 0 unspecified atom stereocenters. The number of carbonyl (C=O) groups excluding carboxylic acids is 1. The van der Waals surface area contributed by atoms with Gasteiger partial charge >= 0.3 is 0 Å². The van der Waals surface area contributed by atoms with Crippen molar-refractivity contribution in [3.8, 4) is 0 Å². The van der Waals surface area contributed by atoms with Crippen molar-refractivity contribution < 1.29 is 4.79 Å². The molecule has 0 saturated carbocycles. The summed E-state index contributed by atoms with van der Waals surface area (Å²) in [6.45, 7) is 0. The van der Waals surface area contributed by atoms with Crippen LogP contribution in [0.2, 0.25) is 0 Å². The van der Waals surface area contributed by atoms with Crippen LogP contribution < -0.4 is 5.73 Å². The number of aromatic nitrogens is 2. The normalized spacial score (nSPS) is 8.36. The van der Waals surface area contributed by atoms with Gasteiger partial charge in [-0.05, 0) is 12.2 Å². The Balaban J connectivity index is 0.000001000. The molecule has 1 radical (unpaired) electrons. The molecule has 1 rings (SSSR count). The molecule has 0 spiro atoms. The maximum Gasteiger partial charge on any atom is 0.198 e. The fourth-order valence-corrected chi connectivity index (χ4v) is 0.674. The van der Waals surface area contributed by atoms with E-state index in [9.17, 15) is 4.79 Å². The first-order chi connectivity index (χ1) is 4.74. The van der Waals surface area contributed by atoms with E-state index in [1.165, 1.54) is 6.20 Å². The summed E-state index contributed by atoms with van der Waals surface area (Å²) in [7, 11) is 0. The van der Waals surface area contributed by atoms with Crippen molar-refractivity contribution >= 4 is 53.9 Å². The van der Waals surface area contributed by atoms with E-state index in [0.717, 1.165) is 0 Å². The Hall–Kier alpha value is -0.230. The molecule has 3 N–H and O–H groups in total. The molecule has 0 aliphatic rings. The number of nitrogens with zero attached hydrogens (tertiary/aromatic N) is 1. The van der Waals surface area contributed by atoms with Gasteiger partial charge in [-0.1, -0.05) is 0 Å². The number of hydrogen-bond acceptors (Lipinski definition) is 4. The van der Waals surface area contributed by atoms with Crippen LogP contribution in [0.5, 0.6) is 0 Å². The van der Waals surface area contributed by atoms with E-state index in [-0.39, 0.29) is 40.1 Å². The second kappa shape index (κ2) is 4.61. The predicted octanol–water partition coefficient (Wildman–Crippen LogP) is 0.153. The number of aromatic amines is 1. The zero-order valence-corrected chi connectivity index (χ0v) is 8.81. The first kappa shape index (κ1) is 10.8. The summed E-state index contributed by atoms with van der Waals surface area (Å²) in [5.41, 5.74) is 5.67. The molecule has 0 amide bonds. The molecule has 4 nitrogen and oxygen atoms in total. The third-order valence-electron chi connectivity index (χ3n) is 1.00. The molecule has 0 fully saturated rings. The van der Waals surface area contributed by atoms with Crippen LogP contribution in [0, 0.1) is 4.77 Å². The topological polar surface area (TPSA) is 71.8 Å². The van der Waals surface area contributed by atoms with Crippen molar-refractivity contribution in [3.63, 3.8) is 0 Å². The van der Waals surface area contributed by atoms with Crippen LogP contribution in [0.3, 0.4) is 0 Å². The molecule has 0 atom stereocenters. The minimum absolute atomic E-state index is 0. The molecule has 0 bridgehead atoms. The average molecular weight is 178 g/mol. The first-order valence-corrected chi connectivity index (χ1v) is 2.95. The largest absolute Gasteiger partial charge is 0.385 e. The van der Waals surface area contributed by atoms with E-state index in [2.05, 4.69) is 22.2 Å². The van der Waals surface area contributed by atoms with E-state index in [1.54, 1.807) is 0 Å². The molecular weight excluding hydrogens is 173 g/mol. The molecule has 1 aromatic heterocycles. The van der Waals surface area contributed by atoms with Crippen molar-refractivity contribution in [1.82, 2.24) is 9.97 Å². The van der Waals surface area contributed by atoms with E-state index in [0.29, 0.717) is 11.8 Å². The van der Waals surface area contributed by atoms with Gasteiger partial charge in [0.15, 0.2) is 11.1 Å². The van der Waals surface area contributed by atoms with Crippen molar-refractivity contribution in [2.75, 3.05) is 5.73 Å². The summed E-state index contributed by atoms with van der Waals surface area (Å²) in [5, 5.41) is 0. The van der Waals surface area contributed by atoms with Gasteiger partial charge < -0.3 is 10.7 Å². The minimum atomic E-state index is 0. The third-order valence-corrected chi connectivity index (χ3v) is 1.21.